The summed E-state index contributed by atoms with van der Waals surface area (Å²) in [5.74, 6) is 2.56. The standard InChI is InChI=1S/C15H21N5/c1-4-13-19-14(17-5-2)8-15(20-13)18-10-12-6-7-16-9-11(12)3/h6-9H,4-5,10H2,1-3H3,(H2,17,18,19,20). The van der Waals surface area contributed by atoms with Crippen molar-refractivity contribution in [2.24, 2.45) is 0 Å². The third-order valence-electron chi connectivity index (χ3n) is 3.04. The fourth-order valence-electron chi connectivity index (χ4n) is 1.90. The van der Waals surface area contributed by atoms with Gasteiger partial charge in [0.2, 0.25) is 0 Å². The van der Waals surface area contributed by atoms with Crippen LogP contribution in [0.5, 0.6) is 0 Å². The molecule has 0 aromatic carbocycles. The molecule has 0 aliphatic heterocycles. The van der Waals surface area contributed by atoms with Gasteiger partial charge in [0, 0.05) is 38.0 Å². The Balaban J connectivity index is 2.12. The van der Waals surface area contributed by atoms with E-state index in [0.717, 1.165) is 37.0 Å². The molecule has 0 spiro atoms. The zero-order chi connectivity index (χ0) is 14.4. The Hall–Kier alpha value is -2.17. The molecule has 2 rings (SSSR count). The lowest BCUT2D eigenvalue weighted by Crippen LogP contribution is -2.08. The number of rotatable bonds is 6. The van der Waals surface area contributed by atoms with Crippen molar-refractivity contribution in [3.63, 3.8) is 0 Å². The molecule has 5 heteroatoms. The quantitative estimate of drug-likeness (QED) is 0.846. The van der Waals surface area contributed by atoms with Gasteiger partial charge in [-0.2, -0.15) is 0 Å². The molecule has 0 atom stereocenters. The smallest absolute Gasteiger partial charge is 0.132 e. The molecular weight excluding hydrogens is 250 g/mol. The van der Waals surface area contributed by atoms with Crippen LogP contribution in [-0.2, 0) is 13.0 Å². The molecule has 20 heavy (non-hydrogen) atoms. The van der Waals surface area contributed by atoms with Gasteiger partial charge in [-0.15, -0.1) is 0 Å². The van der Waals surface area contributed by atoms with E-state index in [0.29, 0.717) is 0 Å². The average Bonchev–Trinajstić information content (AvgIpc) is 2.46. The van der Waals surface area contributed by atoms with Crippen molar-refractivity contribution >= 4 is 11.6 Å². The van der Waals surface area contributed by atoms with Crippen molar-refractivity contribution in [2.45, 2.75) is 33.7 Å². The van der Waals surface area contributed by atoms with E-state index in [1.165, 1.54) is 11.1 Å². The predicted molar refractivity (Wildman–Crippen MR) is 81.9 cm³/mol. The molecular formula is C15H21N5. The summed E-state index contributed by atoms with van der Waals surface area (Å²) in [6, 6.07) is 3.97. The van der Waals surface area contributed by atoms with Crippen molar-refractivity contribution in [1.29, 1.82) is 0 Å². The number of nitrogens with zero attached hydrogens (tertiary/aromatic N) is 3. The highest BCUT2D eigenvalue weighted by Crippen LogP contribution is 2.14. The van der Waals surface area contributed by atoms with Crippen molar-refractivity contribution in [3.05, 3.63) is 41.5 Å². The molecule has 0 fully saturated rings. The minimum absolute atomic E-state index is 0.736. The van der Waals surface area contributed by atoms with Crippen LogP contribution in [0.25, 0.3) is 0 Å². The third kappa shape index (κ3) is 3.66. The Morgan fingerprint density at radius 3 is 2.50 bits per heavy atom. The summed E-state index contributed by atoms with van der Waals surface area (Å²) in [5, 5.41) is 6.59. The van der Waals surface area contributed by atoms with Crippen molar-refractivity contribution in [3.8, 4) is 0 Å². The highest BCUT2D eigenvalue weighted by atomic mass is 15.1. The highest BCUT2D eigenvalue weighted by Gasteiger charge is 2.04. The van der Waals surface area contributed by atoms with Gasteiger partial charge >= 0.3 is 0 Å². The second-order valence-corrected chi connectivity index (χ2v) is 4.59. The van der Waals surface area contributed by atoms with Crippen LogP contribution in [-0.4, -0.2) is 21.5 Å². The largest absolute Gasteiger partial charge is 0.370 e. The normalized spacial score (nSPS) is 10.3. The molecule has 0 unspecified atom stereocenters. The molecule has 106 valence electrons. The lowest BCUT2D eigenvalue weighted by atomic mass is 10.1. The van der Waals surface area contributed by atoms with E-state index in [1.54, 1.807) is 0 Å². The van der Waals surface area contributed by atoms with Crippen LogP contribution in [0, 0.1) is 6.92 Å². The maximum atomic E-state index is 4.50. The van der Waals surface area contributed by atoms with Gasteiger partial charge in [-0.25, -0.2) is 9.97 Å². The third-order valence-corrected chi connectivity index (χ3v) is 3.04. The Kier molecular flexibility index (Phi) is 4.87. The molecule has 2 aromatic heterocycles. The maximum Gasteiger partial charge on any atom is 0.132 e. The zero-order valence-corrected chi connectivity index (χ0v) is 12.3. The summed E-state index contributed by atoms with van der Waals surface area (Å²) in [6.07, 6.45) is 4.51. The van der Waals surface area contributed by atoms with E-state index < -0.39 is 0 Å². The second-order valence-electron chi connectivity index (χ2n) is 4.59. The number of aromatic nitrogens is 3. The predicted octanol–water partition coefficient (Wildman–Crippen LogP) is 2.79. The van der Waals surface area contributed by atoms with Gasteiger partial charge in [-0.1, -0.05) is 6.92 Å². The van der Waals surface area contributed by atoms with E-state index in [-0.39, 0.29) is 0 Å². The van der Waals surface area contributed by atoms with Gasteiger partial charge in [0.05, 0.1) is 0 Å². The topological polar surface area (TPSA) is 62.7 Å². The van der Waals surface area contributed by atoms with Gasteiger partial charge in [0.15, 0.2) is 0 Å². The summed E-state index contributed by atoms with van der Waals surface area (Å²) < 4.78 is 0. The SMILES string of the molecule is CCNc1cc(NCc2ccncc2C)nc(CC)n1. The lowest BCUT2D eigenvalue weighted by molar-refractivity contribution is 0.928. The number of anilines is 2. The molecule has 0 radical (unpaired) electrons. The summed E-state index contributed by atoms with van der Waals surface area (Å²) in [4.78, 5) is 13.0. The number of pyridine rings is 1. The monoisotopic (exact) mass is 271 g/mol. The van der Waals surface area contributed by atoms with Gasteiger partial charge in [0.1, 0.15) is 17.5 Å². The molecule has 5 nitrogen and oxygen atoms in total. The van der Waals surface area contributed by atoms with E-state index >= 15 is 0 Å². The molecule has 0 aliphatic carbocycles. The Morgan fingerprint density at radius 2 is 1.85 bits per heavy atom. The Labute approximate surface area is 119 Å². The molecule has 0 saturated heterocycles. The van der Waals surface area contributed by atoms with Crippen LogP contribution in [0.2, 0.25) is 0 Å². The van der Waals surface area contributed by atoms with E-state index in [2.05, 4.69) is 46.4 Å². The minimum atomic E-state index is 0.736. The van der Waals surface area contributed by atoms with Crippen LogP contribution in [0.4, 0.5) is 11.6 Å². The zero-order valence-electron chi connectivity index (χ0n) is 12.3. The molecule has 2 N–H and O–H groups in total. The van der Waals surface area contributed by atoms with Crippen molar-refractivity contribution in [1.82, 2.24) is 15.0 Å². The molecule has 2 heterocycles. The second kappa shape index (κ2) is 6.84. The fourth-order valence-corrected chi connectivity index (χ4v) is 1.90. The lowest BCUT2D eigenvalue weighted by Gasteiger charge is -2.11. The average molecular weight is 271 g/mol. The molecule has 0 bridgehead atoms. The number of hydrogen-bond acceptors (Lipinski definition) is 5. The number of aryl methyl sites for hydroxylation is 2. The summed E-state index contributed by atoms with van der Waals surface area (Å²) in [6.45, 7) is 7.76. The van der Waals surface area contributed by atoms with Gasteiger partial charge in [-0.3, -0.25) is 4.98 Å². The summed E-state index contributed by atoms with van der Waals surface area (Å²) in [7, 11) is 0. The van der Waals surface area contributed by atoms with Gasteiger partial charge < -0.3 is 10.6 Å². The Morgan fingerprint density at radius 1 is 1.10 bits per heavy atom. The summed E-state index contributed by atoms with van der Waals surface area (Å²) >= 11 is 0. The van der Waals surface area contributed by atoms with Crippen LogP contribution in [0.1, 0.15) is 30.8 Å². The van der Waals surface area contributed by atoms with Crippen LogP contribution in [0.15, 0.2) is 24.5 Å². The van der Waals surface area contributed by atoms with Crippen molar-refractivity contribution < 1.29 is 0 Å². The van der Waals surface area contributed by atoms with Crippen LogP contribution < -0.4 is 10.6 Å². The number of nitrogens with one attached hydrogen (secondary N) is 2. The molecule has 0 amide bonds. The molecule has 0 saturated carbocycles. The Bertz CT molecular complexity index is 568. The highest BCUT2D eigenvalue weighted by molar-refractivity contribution is 5.48. The van der Waals surface area contributed by atoms with E-state index in [4.69, 9.17) is 0 Å². The van der Waals surface area contributed by atoms with Crippen molar-refractivity contribution in [2.75, 3.05) is 17.2 Å². The first-order valence-electron chi connectivity index (χ1n) is 6.98. The van der Waals surface area contributed by atoms with Crippen LogP contribution in [0.3, 0.4) is 0 Å². The van der Waals surface area contributed by atoms with Crippen LogP contribution >= 0.6 is 0 Å². The minimum Gasteiger partial charge on any atom is -0.370 e. The molecule has 0 aliphatic rings. The first-order valence-corrected chi connectivity index (χ1v) is 6.98. The van der Waals surface area contributed by atoms with Gasteiger partial charge in [0.25, 0.3) is 0 Å². The van der Waals surface area contributed by atoms with Gasteiger partial charge in [-0.05, 0) is 31.0 Å². The molecule has 2 aromatic rings. The maximum absolute atomic E-state index is 4.50. The summed E-state index contributed by atoms with van der Waals surface area (Å²) in [5.41, 5.74) is 2.40. The van der Waals surface area contributed by atoms with E-state index in [9.17, 15) is 0 Å². The fraction of sp³-hybridized carbons (Fsp3) is 0.400. The van der Waals surface area contributed by atoms with E-state index in [1.807, 2.05) is 24.5 Å². The first kappa shape index (κ1) is 14.2. The number of hydrogen-bond donors (Lipinski definition) is 2. The first-order chi connectivity index (χ1) is 9.72.